The fourth-order valence-corrected chi connectivity index (χ4v) is 3.18. The predicted octanol–water partition coefficient (Wildman–Crippen LogP) is 4.26. The summed E-state index contributed by atoms with van der Waals surface area (Å²) >= 11 is 6.04. The van der Waals surface area contributed by atoms with Crippen LogP contribution in [0.1, 0.15) is 28.0 Å². The number of benzene rings is 1. The molecule has 0 radical (unpaired) electrons. The molecule has 136 valence electrons. The summed E-state index contributed by atoms with van der Waals surface area (Å²) in [7, 11) is 1.54. The highest BCUT2D eigenvalue weighted by Gasteiger charge is 2.41. The number of amides is 1. The molecule has 1 N–H and O–H groups in total. The van der Waals surface area contributed by atoms with Crippen LogP contribution in [0.2, 0.25) is 5.15 Å². The third kappa shape index (κ3) is 3.26. The van der Waals surface area contributed by atoms with Crippen molar-refractivity contribution in [1.29, 1.82) is 0 Å². The fourth-order valence-electron chi connectivity index (χ4n) is 2.92. The second-order valence-electron chi connectivity index (χ2n) is 6.01. The summed E-state index contributed by atoms with van der Waals surface area (Å²) in [6, 6.07) is 5.21. The zero-order valence-corrected chi connectivity index (χ0v) is 14.7. The maximum atomic E-state index is 15.6. The van der Waals surface area contributed by atoms with Gasteiger partial charge in [-0.2, -0.15) is 5.10 Å². The summed E-state index contributed by atoms with van der Waals surface area (Å²) < 4.78 is 44.2. The topological polar surface area (TPSA) is 46.9 Å². The van der Waals surface area contributed by atoms with E-state index in [-0.39, 0.29) is 21.9 Å². The summed E-state index contributed by atoms with van der Waals surface area (Å²) in [6.45, 7) is 1.55. The van der Waals surface area contributed by atoms with Crippen molar-refractivity contribution in [2.24, 2.45) is 7.05 Å². The predicted molar refractivity (Wildman–Crippen MR) is 92.4 cm³/mol. The first-order valence-corrected chi connectivity index (χ1v) is 8.12. The van der Waals surface area contributed by atoms with Crippen molar-refractivity contribution in [2.45, 2.75) is 19.1 Å². The highest BCUT2D eigenvalue weighted by molar-refractivity contribution is 6.33. The number of nitrogens with zero attached hydrogens (tertiary/aromatic N) is 2. The van der Waals surface area contributed by atoms with Crippen LogP contribution >= 0.6 is 11.6 Å². The molecule has 0 spiro atoms. The Kier molecular flexibility index (Phi) is 4.66. The van der Waals surface area contributed by atoms with Crippen LogP contribution in [0.4, 0.5) is 13.2 Å². The summed E-state index contributed by atoms with van der Waals surface area (Å²) in [5.41, 5.74) is 0.455. The van der Waals surface area contributed by atoms with Crippen LogP contribution in [0.5, 0.6) is 0 Å². The third-order valence-electron chi connectivity index (χ3n) is 4.10. The van der Waals surface area contributed by atoms with E-state index in [0.717, 1.165) is 12.1 Å². The molecule has 1 unspecified atom stereocenters. The van der Waals surface area contributed by atoms with Crippen LogP contribution in [0.3, 0.4) is 0 Å². The molecule has 1 atom stereocenters. The smallest absolute Gasteiger partial charge is 0.259 e. The number of hydrogen-bond donors (Lipinski definition) is 1. The standard InChI is InChI=1S/C18H15ClF3N3O/c1-10-15(16(19)25(2)24-10)17(26)23-18(22)9-13(21)6-7-14(18)11-4-3-5-12(20)8-11/h3-8H,9H2,1-2H3,(H,23,26). The van der Waals surface area contributed by atoms with E-state index in [2.05, 4.69) is 10.4 Å². The molecule has 1 aromatic heterocycles. The first-order valence-electron chi connectivity index (χ1n) is 7.74. The number of allylic oxidation sites excluding steroid dienone is 2. The Bertz CT molecular complexity index is 951. The zero-order valence-electron chi connectivity index (χ0n) is 14.0. The average molecular weight is 382 g/mol. The lowest BCUT2D eigenvalue weighted by atomic mass is 9.89. The van der Waals surface area contributed by atoms with E-state index >= 15 is 4.39 Å². The van der Waals surface area contributed by atoms with Crippen LogP contribution in [0.15, 0.2) is 42.2 Å². The minimum Gasteiger partial charge on any atom is -0.316 e. The van der Waals surface area contributed by atoms with Gasteiger partial charge in [-0.15, -0.1) is 0 Å². The van der Waals surface area contributed by atoms with Crippen LogP contribution in [0.25, 0.3) is 5.57 Å². The molecule has 1 aromatic carbocycles. The first kappa shape index (κ1) is 18.3. The van der Waals surface area contributed by atoms with Crippen molar-refractivity contribution in [3.05, 3.63) is 70.0 Å². The molecule has 4 nitrogen and oxygen atoms in total. The van der Waals surface area contributed by atoms with Gasteiger partial charge >= 0.3 is 0 Å². The molecule has 0 fully saturated rings. The van der Waals surface area contributed by atoms with E-state index in [1.54, 1.807) is 14.0 Å². The molecule has 1 aliphatic carbocycles. The molecular formula is C18H15ClF3N3O. The van der Waals surface area contributed by atoms with E-state index in [1.807, 2.05) is 0 Å². The number of nitrogens with one attached hydrogen (secondary N) is 1. The molecule has 0 aliphatic heterocycles. The lowest BCUT2D eigenvalue weighted by Crippen LogP contribution is -2.46. The van der Waals surface area contributed by atoms with Crippen molar-refractivity contribution in [3.8, 4) is 0 Å². The highest BCUT2D eigenvalue weighted by atomic mass is 35.5. The summed E-state index contributed by atoms with van der Waals surface area (Å²) in [5, 5.41) is 6.23. The van der Waals surface area contributed by atoms with E-state index in [4.69, 9.17) is 11.6 Å². The molecule has 0 bridgehead atoms. The Hall–Kier alpha value is -2.54. The first-order chi connectivity index (χ1) is 12.2. The van der Waals surface area contributed by atoms with Gasteiger partial charge < -0.3 is 5.32 Å². The van der Waals surface area contributed by atoms with Crippen LogP contribution < -0.4 is 5.32 Å². The molecule has 26 heavy (non-hydrogen) atoms. The monoisotopic (exact) mass is 381 g/mol. The van der Waals surface area contributed by atoms with Crippen LogP contribution in [-0.2, 0) is 7.05 Å². The van der Waals surface area contributed by atoms with Gasteiger partial charge in [-0.3, -0.25) is 9.48 Å². The van der Waals surface area contributed by atoms with Gasteiger partial charge in [0, 0.05) is 12.6 Å². The van der Waals surface area contributed by atoms with Crippen molar-refractivity contribution in [1.82, 2.24) is 15.1 Å². The average Bonchev–Trinajstić information content (AvgIpc) is 2.79. The number of hydrogen-bond acceptors (Lipinski definition) is 2. The minimum absolute atomic E-state index is 0.000236. The number of halogens is 4. The molecule has 8 heteroatoms. The SMILES string of the molecule is Cc1nn(C)c(Cl)c1C(=O)NC1(F)CC(F)=CC=C1c1cccc(F)c1. The molecule has 3 rings (SSSR count). The lowest BCUT2D eigenvalue weighted by molar-refractivity contribution is 0.0822. The number of aryl methyl sites for hydroxylation is 2. The Morgan fingerprint density at radius 2 is 2.08 bits per heavy atom. The molecule has 1 heterocycles. The second kappa shape index (κ2) is 6.64. The van der Waals surface area contributed by atoms with E-state index in [0.29, 0.717) is 5.69 Å². The van der Waals surface area contributed by atoms with Gasteiger partial charge in [0.25, 0.3) is 5.91 Å². The van der Waals surface area contributed by atoms with Gasteiger partial charge in [0.05, 0.1) is 17.7 Å². The van der Waals surface area contributed by atoms with Gasteiger partial charge in [-0.25, -0.2) is 13.2 Å². The van der Waals surface area contributed by atoms with Gasteiger partial charge in [0.1, 0.15) is 16.8 Å². The summed E-state index contributed by atoms with van der Waals surface area (Å²) in [6.07, 6.45) is 1.57. The number of aromatic nitrogens is 2. The van der Waals surface area contributed by atoms with Gasteiger partial charge in [0.15, 0.2) is 0 Å². The van der Waals surface area contributed by atoms with Crippen LogP contribution in [-0.4, -0.2) is 21.5 Å². The maximum absolute atomic E-state index is 15.6. The van der Waals surface area contributed by atoms with Gasteiger partial charge in [-0.1, -0.05) is 29.8 Å². The third-order valence-corrected chi connectivity index (χ3v) is 4.53. The maximum Gasteiger partial charge on any atom is 0.259 e. The Labute approximate surface area is 153 Å². The van der Waals surface area contributed by atoms with Gasteiger partial charge in [0.2, 0.25) is 5.79 Å². The normalized spacial score (nSPS) is 19.8. The minimum atomic E-state index is -2.56. The van der Waals surface area contributed by atoms with Crippen molar-refractivity contribution >= 4 is 23.1 Å². The molecule has 1 aliphatic rings. The van der Waals surface area contributed by atoms with Crippen molar-refractivity contribution < 1.29 is 18.0 Å². The molecular weight excluding hydrogens is 367 g/mol. The number of carbonyl (C=O) groups is 1. The zero-order chi connectivity index (χ0) is 19.1. The Morgan fingerprint density at radius 1 is 1.35 bits per heavy atom. The lowest BCUT2D eigenvalue weighted by Gasteiger charge is -2.31. The van der Waals surface area contributed by atoms with Gasteiger partial charge in [-0.05, 0) is 30.7 Å². The quantitative estimate of drug-likeness (QED) is 0.808. The summed E-state index contributed by atoms with van der Waals surface area (Å²) in [4.78, 5) is 12.6. The number of rotatable bonds is 3. The number of alkyl halides is 1. The van der Waals surface area contributed by atoms with E-state index in [1.165, 1.54) is 29.0 Å². The molecule has 2 aromatic rings. The van der Waals surface area contributed by atoms with E-state index < -0.39 is 29.8 Å². The Balaban J connectivity index is 1.99. The second-order valence-corrected chi connectivity index (χ2v) is 6.37. The molecule has 0 saturated heterocycles. The molecule has 0 saturated carbocycles. The highest BCUT2D eigenvalue weighted by Crippen LogP contribution is 2.38. The Morgan fingerprint density at radius 3 is 2.69 bits per heavy atom. The van der Waals surface area contributed by atoms with E-state index in [9.17, 15) is 13.6 Å². The number of carbonyl (C=O) groups excluding carboxylic acids is 1. The van der Waals surface area contributed by atoms with Crippen LogP contribution in [0, 0.1) is 12.7 Å². The fraction of sp³-hybridized carbons (Fsp3) is 0.222. The largest absolute Gasteiger partial charge is 0.316 e. The van der Waals surface area contributed by atoms with Crippen molar-refractivity contribution in [2.75, 3.05) is 0 Å². The van der Waals surface area contributed by atoms with Crippen molar-refractivity contribution in [3.63, 3.8) is 0 Å². The molecule has 1 amide bonds. The summed E-state index contributed by atoms with van der Waals surface area (Å²) in [5.74, 6) is -4.71.